The van der Waals surface area contributed by atoms with Crippen LogP contribution in [0.15, 0.2) is 24.3 Å². The summed E-state index contributed by atoms with van der Waals surface area (Å²) in [4.78, 5) is 26.8. The Balaban J connectivity index is 1.91. The third-order valence-corrected chi connectivity index (χ3v) is 4.77. The number of nitrogens with zero attached hydrogens (tertiary/aromatic N) is 1. The lowest BCUT2D eigenvalue weighted by molar-refractivity contribution is 0.0516. The van der Waals surface area contributed by atoms with Crippen molar-refractivity contribution in [3.05, 3.63) is 35.4 Å². The summed E-state index contributed by atoms with van der Waals surface area (Å²) in [6.45, 7) is 2.26. The van der Waals surface area contributed by atoms with Crippen LogP contribution in [0.4, 0.5) is 0 Å². The van der Waals surface area contributed by atoms with Crippen LogP contribution in [0, 0.1) is 5.92 Å². The minimum absolute atomic E-state index is 0.0181. The number of hydrogen-bond donors (Lipinski definition) is 0. The molecule has 1 aromatic carbocycles. The van der Waals surface area contributed by atoms with Crippen LogP contribution in [0.1, 0.15) is 53.3 Å². The SMILES string of the molecule is COC(=O)c1ccccc1C(=O)N1[C@@H]2CC[C@H]1C[C@H](C)C2. The number of ether oxygens (including phenoxy) is 1. The molecule has 0 spiro atoms. The Morgan fingerprint density at radius 3 is 2.24 bits per heavy atom. The molecule has 112 valence electrons. The summed E-state index contributed by atoms with van der Waals surface area (Å²) in [5.74, 6) is 0.217. The van der Waals surface area contributed by atoms with Gasteiger partial charge in [-0.1, -0.05) is 19.1 Å². The summed E-state index contributed by atoms with van der Waals surface area (Å²) in [5, 5.41) is 0. The van der Waals surface area contributed by atoms with Gasteiger partial charge in [-0.3, -0.25) is 4.79 Å². The van der Waals surface area contributed by atoms with Gasteiger partial charge in [0.25, 0.3) is 5.91 Å². The van der Waals surface area contributed by atoms with E-state index in [-0.39, 0.29) is 5.91 Å². The van der Waals surface area contributed by atoms with Gasteiger partial charge in [0.1, 0.15) is 0 Å². The van der Waals surface area contributed by atoms with E-state index >= 15 is 0 Å². The fourth-order valence-corrected chi connectivity index (χ4v) is 3.88. The molecule has 2 saturated heterocycles. The molecule has 2 aliphatic heterocycles. The predicted molar refractivity (Wildman–Crippen MR) is 79.2 cm³/mol. The van der Waals surface area contributed by atoms with E-state index in [0.29, 0.717) is 29.1 Å². The third-order valence-electron chi connectivity index (χ3n) is 4.77. The monoisotopic (exact) mass is 287 g/mol. The van der Waals surface area contributed by atoms with Crippen molar-refractivity contribution in [2.24, 2.45) is 5.92 Å². The summed E-state index contributed by atoms with van der Waals surface area (Å²) in [7, 11) is 1.34. The number of hydrogen-bond acceptors (Lipinski definition) is 3. The Hall–Kier alpha value is -1.84. The highest BCUT2D eigenvalue weighted by Crippen LogP contribution is 2.39. The van der Waals surface area contributed by atoms with Crippen molar-refractivity contribution in [3.8, 4) is 0 Å². The second kappa shape index (κ2) is 5.51. The van der Waals surface area contributed by atoms with Crippen LogP contribution in [0.25, 0.3) is 0 Å². The third kappa shape index (κ3) is 2.43. The average Bonchev–Trinajstić information content (AvgIpc) is 2.77. The maximum Gasteiger partial charge on any atom is 0.338 e. The zero-order valence-electron chi connectivity index (χ0n) is 12.5. The molecule has 3 atom stereocenters. The van der Waals surface area contributed by atoms with Crippen LogP contribution >= 0.6 is 0 Å². The van der Waals surface area contributed by atoms with Crippen molar-refractivity contribution in [2.75, 3.05) is 7.11 Å². The van der Waals surface area contributed by atoms with Crippen molar-refractivity contribution < 1.29 is 14.3 Å². The molecule has 1 aromatic rings. The van der Waals surface area contributed by atoms with Crippen LogP contribution in [0.2, 0.25) is 0 Å². The number of carbonyl (C=O) groups is 2. The van der Waals surface area contributed by atoms with Gasteiger partial charge in [-0.2, -0.15) is 0 Å². The van der Waals surface area contributed by atoms with Gasteiger partial charge in [-0.05, 0) is 43.7 Å². The second-order valence-electron chi connectivity index (χ2n) is 6.21. The minimum Gasteiger partial charge on any atom is -0.465 e. The Morgan fingerprint density at radius 1 is 1.10 bits per heavy atom. The van der Waals surface area contributed by atoms with Crippen LogP contribution in [0.5, 0.6) is 0 Å². The molecule has 0 aromatic heterocycles. The van der Waals surface area contributed by atoms with E-state index < -0.39 is 5.97 Å². The molecule has 1 amide bonds. The van der Waals surface area contributed by atoms with Gasteiger partial charge < -0.3 is 9.64 Å². The molecule has 0 radical (unpaired) electrons. The number of fused-ring (bicyclic) bond motifs is 2. The van der Waals surface area contributed by atoms with E-state index in [1.807, 2.05) is 4.90 Å². The molecule has 2 aliphatic rings. The first kappa shape index (κ1) is 14.1. The zero-order chi connectivity index (χ0) is 15.0. The topological polar surface area (TPSA) is 46.6 Å². The summed E-state index contributed by atoms with van der Waals surface area (Å²) >= 11 is 0. The van der Waals surface area contributed by atoms with Crippen molar-refractivity contribution in [1.29, 1.82) is 0 Å². The quantitative estimate of drug-likeness (QED) is 0.786. The molecule has 4 heteroatoms. The van der Waals surface area contributed by atoms with Crippen LogP contribution in [-0.2, 0) is 4.74 Å². The molecule has 0 N–H and O–H groups in total. The highest BCUT2D eigenvalue weighted by Gasteiger charge is 2.42. The first-order chi connectivity index (χ1) is 10.1. The van der Waals surface area contributed by atoms with Crippen molar-refractivity contribution in [1.82, 2.24) is 4.90 Å². The van der Waals surface area contributed by atoms with Gasteiger partial charge in [0.15, 0.2) is 0 Å². The Bertz CT molecular complexity index is 555. The Labute approximate surface area is 125 Å². The fraction of sp³-hybridized carbons (Fsp3) is 0.529. The summed E-state index contributed by atoms with van der Waals surface area (Å²) in [5.41, 5.74) is 0.832. The molecule has 2 fully saturated rings. The Morgan fingerprint density at radius 2 is 1.67 bits per heavy atom. The fourth-order valence-electron chi connectivity index (χ4n) is 3.88. The van der Waals surface area contributed by atoms with Gasteiger partial charge in [0.05, 0.1) is 18.2 Å². The van der Waals surface area contributed by atoms with Gasteiger partial charge >= 0.3 is 5.97 Å². The molecule has 0 aliphatic carbocycles. The Kier molecular flexibility index (Phi) is 3.70. The largest absolute Gasteiger partial charge is 0.465 e. The molecule has 2 bridgehead atoms. The smallest absolute Gasteiger partial charge is 0.338 e. The molecule has 21 heavy (non-hydrogen) atoms. The number of carbonyl (C=O) groups excluding carboxylic acids is 2. The highest BCUT2D eigenvalue weighted by molar-refractivity contribution is 6.05. The number of piperidine rings is 1. The van der Waals surface area contributed by atoms with E-state index in [9.17, 15) is 9.59 Å². The lowest BCUT2D eigenvalue weighted by Gasteiger charge is -2.38. The summed E-state index contributed by atoms with van der Waals surface area (Å²) < 4.78 is 4.79. The second-order valence-corrected chi connectivity index (χ2v) is 6.21. The molecule has 2 heterocycles. The molecule has 0 saturated carbocycles. The first-order valence-corrected chi connectivity index (χ1v) is 7.61. The number of benzene rings is 1. The van der Waals surface area contributed by atoms with Crippen LogP contribution in [0.3, 0.4) is 0 Å². The lowest BCUT2D eigenvalue weighted by Crippen LogP contribution is -2.46. The maximum atomic E-state index is 12.9. The van der Waals surface area contributed by atoms with E-state index in [1.54, 1.807) is 24.3 Å². The van der Waals surface area contributed by atoms with Gasteiger partial charge in [-0.15, -0.1) is 0 Å². The molecular weight excluding hydrogens is 266 g/mol. The maximum absolute atomic E-state index is 12.9. The minimum atomic E-state index is -0.448. The van der Waals surface area contributed by atoms with E-state index in [4.69, 9.17) is 4.74 Å². The number of rotatable bonds is 2. The first-order valence-electron chi connectivity index (χ1n) is 7.61. The predicted octanol–water partition coefficient (Wildman–Crippen LogP) is 2.88. The lowest BCUT2D eigenvalue weighted by atomic mass is 9.91. The number of methoxy groups -OCH3 is 1. The highest BCUT2D eigenvalue weighted by atomic mass is 16.5. The van der Waals surface area contributed by atoms with E-state index in [2.05, 4.69) is 6.92 Å². The van der Waals surface area contributed by atoms with Crippen LogP contribution in [-0.4, -0.2) is 36.0 Å². The average molecular weight is 287 g/mol. The van der Waals surface area contributed by atoms with Crippen LogP contribution < -0.4 is 0 Å². The van der Waals surface area contributed by atoms with Crippen molar-refractivity contribution in [3.63, 3.8) is 0 Å². The standard InChI is InChI=1S/C17H21NO3/c1-11-9-12-7-8-13(10-11)18(12)16(19)14-5-3-4-6-15(14)17(20)21-2/h3-6,11-13H,7-10H2,1-2H3/t11-,12-,13+. The van der Waals surface area contributed by atoms with E-state index in [0.717, 1.165) is 25.7 Å². The summed E-state index contributed by atoms with van der Waals surface area (Å²) in [6.07, 6.45) is 4.31. The van der Waals surface area contributed by atoms with Gasteiger partial charge in [0.2, 0.25) is 0 Å². The number of esters is 1. The molecule has 0 unspecified atom stereocenters. The van der Waals surface area contributed by atoms with Gasteiger partial charge in [0, 0.05) is 12.1 Å². The van der Waals surface area contributed by atoms with Crippen molar-refractivity contribution >= 4 is 11.9 Å². The number of amides is 1. The van der Waals surface area contributed by atoms with E-state index in [1.165, 1.54) is 7.11 Å². The zero-order valence-corrected chi connectivity index (χ0v) is 12.5. The summed E-state index contributed by atoms with van der Waals surface area (Å²) in [6, 6.07) is 7.61. The van der Waals surface area contributed by atoms with Gasteiger partial charge in [-0.25, -0.2) is 4.79 Å². The molecule has 4 nitrogen and oxygen atoms in total. The molecule has 3 rings (SSSR count). The normalized spacial score (nSPS) is 27.5. The molecular formula is C17H21NO3. The van der Waals surface area contributed by atoms with Crippen molar-refractivity contribution in [2.45, 2.75) is 44.7 Å².